The maximum Gasteiger partial charge on any atom is 0.225 e. The minimum absolute atomic E-state index is 0.0376. The molecule has 2 heterocycles. The highest BCUT2D eigenvalue weighted by molar-refractivity contribution is 5.76. The SMILES string of the molecule is CNc1ncc(CN2CCO[C@](COC)(CC(=O)N(C)C)C2)cn1. The molecule has 134 valence electrons. The van der Waals surface area contributed by atoms with Crippen LogP contribution in [0.4, 0.5) is 5.95 Å². The van der Waals surface area contributed by atoms with E-state index >= 15 is 0 Å². The molecule has 0 radical (unpaired) electrons. The zero-order valence-corrected chi connectivity index (χ0v) is 14.9. The van der Waals surface area contributed by atoms with Crippen molar-refractivity contribution < 1.29 is 14.3 Å². The lowest BCUT2D eigenvalue weighted by Crippen LogP contribution is -2.55. The highest BCUT2D eigenvalue weighted by atomic mass is 16.5. The number of morpholine rings is 1. The lowest BCUT2D eigenvalue weighted by molar-refractivity contribution is -0.160. The Morgan fingerprint density at radius 2 is 2.17 bits per heavy atom. The van der Waals surface area contributed by atoms with Crippen molar-refractivity contribution in [2.75, 3.05) is 59.9 Å². The van der Waals surface area contributed by atoms with Crippen LogP contribution in [0.2, 0.25) is 0 Å². The molecule has 1 aromatic heterocycles. The number of methoxy groups -OCH3 is 1. The summed E-state index contributed by atoms with van der Waals surface area (Å²) in [4.78, 5) is 24.5. The van der Waals surface area contributed by atoms with Crippen LogP contribution in [-0.4, -0.2) is 85.8 Å². The van der Waals surface area contributed by atoms with Gasteiger partial charge in [-0.2, -0.15) is 0 Å². The lowest BCUT2D eigenvalue weighted by Gasteiger charge is -2.42. The van der Waals surface area contributed by atoms with E-state index in [2.05, 4.69) is 20.2 Å². The maximum atomic E-state index is 12.2. The van der Waals surface area contributed by atoms with Crippen molar-refractivity contribution in [3.05, 3.63) is 18.0 Å². The Morgan fingerprint density at radius 3 is 2.75 bits per heavy atom. The highest BCUT2D eigenvalue weighted by Gasteiger charge is 2.39. The summed E-state index contributed by atoms with van der Waals surface area (Å²) in [5.41, 5.74) is 0.418. The minimum atomic E-state index is -0.611. The number of carbonyl (C=O) groups excluding carboxylic acids is 1. The summed E-state index contributed by atoms with van der Waals surface area (Å²) in [7, 11) is 6.93. The second kappa shape index (κ2) is 8.36. The monoisotopic (exact) mass is 337 g/mol. The van der Waals surface area contributed by atoms with Gasteiger partial charge in [-0.25, -0.2) is 9.97 Å². The number of nitrogens with one attached hydrogen (secondary N) is 1. The average Bonchev–Trinajstić information content (AvgIpc) is 2.56. The third-order valence-electron chi connectivity index (χ3n) is 4.04. The zero-order chi connectivity index (χ0) is 17.6. The van der Waals surface area contributed by atoms with Gasteiger partial charge in [0.15, 0.2) is 0 Å². The van der Waals surface area contributed by atoms with Crippen molar-refractivity contribution in [3.63, 3.8) is 0 Å². The molecule has 1 aliphatic heterocycles. The van der Waals surface area contributed by atoms with E-state index in [1.807, 2.05) is 12.4 Å². The standard InChI is InChI=1S/C16H27N5O3/c1-17-15-18-8-13(9-19-15)10-21-5-6-24-16(11-21,12-23-4)7-14(22)20(2)3/h8-9H,5-7,10-12H2,1-4H3,(H,17,18,19)/t16-/m1/s1. The van der Waals surface area contributed by atoms with Crippen LogP contribution in [0.3, 0.4) is 0 Å². The van der Waals surface area contributed by atoms with Gasteiger partial charge < -0.3 is 19.7 Å². The van der Waals surface area contributed by atoms with Gasteiger partial charge in [0.05, 0.1) is 19.6 Å². The molecule has 1 atom stereocenters. The Morgan fingerprint density at radius 1 is 1.46 bits per heavy atom. The summed E-state index contributed by atoms with van der Waals surface area (Å²) < 4.78 is 11.3. The molecule has 0 aliphatic carbocycles. The quantitative estimate of drug-likeness (QED) is 0.762. The van der Waals surface area contributed by atoms with E-state index in [1.54, 1.807) is 33.2 Å². The smallest absolute Gasteiger partial charge is 0.225 e. The van der Waals surface area contributed by atoms with E-state index in [0.29, 0.717) is 32.1 Å². The van der Waals surface area contributed by atoms with Crippen molar-refractivity contribution >= 4 is 11.9 Å². The zero-order valence-electron chi connectivity index (χ0n) is 14.9. The van der Waals surface area contributed by atoms with Gasteiger partial charge in [-0.1, -0.05) is 0 Å². The van der Waals surface area contributed by atoms with Crippen LogP contribution in [0.25, 0.3) is 0 Å². The molecule has 0 bridgehead atoms. The summed E-state index contributed by atoms with van der Waals surface area (Å²) >= 11 is 0. The van der Waals surface area contributed by atoms with E-state index in [1.165, 1.54) is 0 Å². The normalized spacial score (nSPS) is 21.5. The largest absolute Gasteiger partial charge is 0.382 e. The van der Waals surface area contributed by atoms with E-state index in [0.717, 1.165) is 18.7 Å². The van der Waals surface area contributed by atoms with E-state index in [9.17, 15) is 4.79 Å². The van der Waals surface area contributed by atoms with E-state index in [4.69, 9.17) is 9.47 Å². The molecule has 0 spiro atoms. The first kappa shape index (κ1) is 18.6. The van der Waals surface area contributed by atoms with E-state index < -0.39 is 5.60 Å². The number of aromatic nitrogens is 2. The number of rotatable bonds is 7. The van der Waals surface area contributed by atoms with Gasteiger partial charge in [0.1, 0.15) is 5.60 Å². The van der Waals surface area contributed by atoms with Crippen LogP contribution in [-0.2, 0) is 20.8 Å². The van der Waals surface area contributed by atoms with Crippen LogP contribution in [0.1, 0.15) is 12.0 Å². The molecular formula is C16H27N5O3. The average molecular weight is 337 g/mol. The molecule has 8 nitrogen and oxygen atoms in total. The van der Waals surface area contributed by atoms with Crippen LogP contribution >= 0.6 is 0 Å². The van der Waals surface area contributed by atoms with Crippen LogP contribution in [0.5, 0.6) is 0 Å². The Bertz CT molecular complexity index is 533. The van der Waals surface area contributed by atoms with Crippen molar-refractivity contribution in [2.24, 2.45) is 0 Å². The second-order valence-corrected chi connectivity index (χ2v) is 6.31. The van der Waals surface area contributed by atoms with Crippen molar-refractivity contribution in [2.45, 2.75) is 18.6 Å². The molecular weight excluding hydrogens is 310 g/mol. The molecule has 2 rings (SSSR count). The molecule has 1 N–H and O–H groups in total. The van der Waals surface area contributed by atoms with Crippen LogP contribution in [0.15, 0.2) is 12.4 Å². The molecule has 1 fully saturated rings. The third kappa shape index (κ3) is 4.86. The fraction of sp³-hybridized carbons (Fsp3) is 0.688. The first-order valence-electron chi connectivity index (χ1n) is 8.02. The van der Waals surface area contributed by atoms with Gasteiger partial charge in [-0.15, -0.1) is 0 Å². The molecule has 0 saturated carbocycles. The number of carbonyl (C=O) groups is 1. The molecule has 1 amide bonds. The Kier molecular flexibility index (Phi) is 6.47. The number of hydrogen-bond donors (Lipinski definition) is 1. The molecule has 24 heavy (non-hydrogen) atoms. The summed E-state index contributed by atoms with van der Waals surface area (Å²) in [6, 6.07) is 0. The number of ether oxygens (including phenoxy) is 2. The Hall–Kier alpha value is -1.77. The minimum Gasteiger partial charge on any atom is -0.382 e. The van der Waals surface area contributed by atoms with Gasteiger partial charge >= 0.3 is 0 Å². The fourth-order valence-corrected chi connectivity index (χ4v) is 2.82. The molecule has 8 heteroatoms. The number of nitrogens with zero attached hydrogens (tertiary/aromatic N) is 4. The summed E-state index contributed by atoms with van der Waals surface area (Å²) in [5.74, 6) is 0.640. The third-order valence-corrected chi connectivity index (χ3v) is 4.04. The van der Waals surface area contributed by atoms with Gasteiger partial charge in [0.25, 0.3) is 0 Å². The van der Waals surface area contributed by atoms with Crippen molar-refractivity contribution in [1.82, 2.24) is 19.8 Å². The molecule has 1 saturated heterocycles. The summed E-state index contributed by atoms with van der Waals surface area (Å²) in [6.07, 6.45) is 3.94. The second-order valence-electron chi connectivity index (χ2n) is 6.31. The summed E-state index contributed by atoms with van der Waals surface area (Å²) in [6.45, 7) is 3.11. The molecule has 1 aliphatic rings. The van der Waals surface area contributed by atoms with E-state index in [-0.39, 0.29) is 5.91 Å². The predicted molar refractivity (Wildman–Crippen MR) is 90.7 cm³/mol. The number of amides is 1. The highest BCUT2D eigenvalue weighted by Crippen LogP contribution is 2.24. The van der Waals surface area contributed by atoms with Gasteiger partial charge in [-0.3, -0.25) is 9.69 Å². The van der Waals surface area contributed by atoms with Crippen molar-refractivity contribution in [1.29, 1.82) is 0 Å². The first-order valence-corrected chi connectivity index (χ1v) is 8.02. The Balaban J connectivity index is 2.04. The van der Waals surface area contributed by atoms with Gasteiger partial charge in [0, 0.05) is 65.8 Å². The number of anilines is 1. The predicted octanol–water partition coefficient (Wildman–Crippen LogP) is 0.214. The van der Waals surface area contributed by atoms with Crippen LogP contribution in [0, 0.1) is 0 Å². The molecule has 1 aromatic rings. The van der Waals surface area contributed by atoms with Crippen molar-refractivity contribution in [3.8, 4) is 0 Å². The number of hydrogen-bond acceptors (Lipinski definition) is 7. The molecule has 0 aromatic carbocycles. The van der Waals surface area contributed by atoms with Gasteiger partial charge in [0.2, 0.25) is 11.9 Å². The topological polar surface area (TPSA) is 79.8 Å². The molecule has 0 unspecified atom stereocenters. The van der Waals surface area contributed by atoms with Crippen LogP contribution < -0.4 is 5.32 Å². The fourth-order valence-electron chi connectivity index (χ4n) is 2.82. The summed E-state index contributed by atoms with van der Waals surface area (Å²) in [5, 5.41) is 2.91. The first-order chi connectivity index (χ1) is 11.5. The Labute approximate surface area is 143 Å². The lowest BCUT2D eigenvalue weighted by atomic mass is 9.97. The maximum absolute atomic E-state index is 12.2. The van der Waals surface area contributed by atoms with Gasteiger partial charge in [-0.05, 0) is 0 Å².